The van der Waals surface area contributed by atoms with Gasteiger partial charge in [0.05, 0.1) is 5.69 Å². The van der Waals surface area contributed by atoms with Gasteiger partial charge in [0.15, 0.2) is 6.10 Å². The van der Waals surface area contributed by atoms with E-state index >= 15 is 0 Å². The molecule has 0 unspecified atom stereocenters. The second kappa shape index (κ2) is 6.01. The van der Waals surface area contributed by atoms with Crippen LogP contribution in [0.25, 0.3) is 11.3 Å². The number of aromatic nitrogens is 2. The lowest BCUT2D eigenvalue weighted by Gasteiger charge is -2.12. The Labute approximate surface area is 127 Å². The van der Waals surface area contributed by atoms with Crippen LogP contribution in [-0.2, 0) is 9.53 Å². The van der Waals surface area contributed by atoms with Gasteiger partial charge in [-0.2, -0.15) is 5.10 Å². The zero-order valence-electron chi connectivity index (χ0n) is 12.2. The van der Waals surface area contributed by atoms with Gasteiger partial charge in [-0.05, 0) is 25.8 Å². The Hall–Kier alpha value is -2.63. The molecule has 6 heteroatoms. The molecule has 1 heterocycles. The molecule has 1 aliphatic rings. The summed E-state index contributed by atoms with van der Waals surface area (Å²) in [6, 6.07) is 11.4. The number of benzene rings is 1. The largest absolute Gasteiger partial charge is 0.448 e. The number of esters is 1. The highest BCUT2D eigenvalue weighted by Crippen LogP contribution is 2.19. The molecule has 3 rings (SSSR count). The van der Waals surface area contributed by atoms with Gasteiger partial charge >= 0.3 is 5.97 Å². The van der Waals surface area contributed by atoms with Crippen molar-refractivity contribution in [1.82, 2.24) is 15.5 Å². The fourth-order valence-corrected chi connectivity index (χ4v) is 2.01. The van der Waals surface area contributed by atoms with Crippen molar-refractivity contribution in [2.75, 3.05) is 0 Å². The van der Waals surface area contributed by atoms with Gasteiger partial charge in [-0.1, -0.05) is 30.3 Å². The minimum absolute atomic E-state index is 0.227. The van der Waals surface area contributed by atoms with Crippen LogP contribution in [0.15, 0.2) is 36.4 Å². The maximum Gasteiger partial charge on any atom is 0.357 e. The van der Waals surface area contributed by atoms with E-state index in [4.69, 9.17) is 4.74 Å². The third-order valence-electron chi connectivity index (χ3n) is 3.44. The van der Waals surface area contributed by atoms with Crippen molar-refractivity contribution in [3.63, 3.8) is 0 Å². The maximum absolute atomic E-state index is 12.0. The summed E-state index contributed by atoms with van der Waals surface area (Å²) < 4.78 is 5.15. The van der Waals surface area contributed by atoms with Crippen molar-refractivity contribution < 1.29 is 14.3 Å². The Morgan fingerprint density at radius 2 is 2.05 bits per heavy atom. The third kappa shape index (κ3) is 3.33. The summed E-state index contributed by atoms with van der Waals surface area (Å²) in [5.74, 6) is -0.855. The monoisotopic (exact) mass is 299 g/mol. The van der Waals surface area contributed by atoms with Crippen molar-refractivity contribution in [3.05, 3.63) is 42.1 Å². The van der Waals surface area contributed by atoms with E-state index in [2.05, 4.69) is 15.5 Å². The second-order valence-corrected chi connectivity index (χ2v) is 5.36. The normalized spacial score (nSPS) is 15.1. The first-order valence-electron chi connectivity index (χ1n) is 7.25. The summed E-state index contributed by atoms with van der Waals surface area (Å²) in [6.45, 7) is 1.56. The summed E-state index contributed by atoms with van der Waals surface area (Å²) in [6.07, 6.45) is 1.16. The SMILES string of the molecule is C[C@H](OC(=O)c1cc(-c2ccccc2)n[nH]1)C(=O)NC1CC1. The lowest BCUT2D eigenvalue weighted by molar-refractivity contribution is -0.129. The number of ether oxygens (including phenoxy) is 1. The van der Waals surface area contributed by atoms with E-state index in [9.17, 15) is 9.59 Å². The summed E-state index contributed by atoms with van der Waals surface area (Å²) in [7, 11) is 0. The molecule has 6 nitrogen and oxygen atoms in total. The van der Waals surface area contributed by atoms with Crippen LogP contribution in [-0.4, -0.2) is 34.2 Å². The predicted octanol–water partition coefficient (Wildman–Crippen LogP) is 1.90. The van der Waals surface area contributed by atoms with Gasteiger partial charge in [-0.3, -0.25) is 9.89 Å². The molecule has 0 saturated heterocycles. The summed E-state index contributed by atoms with van der Waals surface area (Å²) in [4.78, 5) is 23.8. The van der Waals surface area contributed by atoms with Gasteiger partial charge < -0.3 is 10.1 Å². The zero-order chi connectivity index (χ0) is 15.5. The minimum atomic E-state index is -0.823. The number of H-pyrrole nitrogens is 1. The number of carbonyl (C=O) groups is 2. The Kier molecular flexibility index (Phi) is 3.91. The van der Waals surface area contributed by atoms with Gasteiger partial charge in [0, 0.05) is 11.6 Å². The molecule has 1 aromatic heterocycles. The molecule has 1 amide bonds. The predicted molar refractivity (Wildman–Crippen MR) is 80.1 cm³/mol. The Morgan fingerprint density at radius 3 is 2.73 bits per heavy atom. The highest BCUT2D eigenvalue weighted by molar-refractivity contribution is 5.91. The molecule has 1 saturated carbocycles. The summed E-state index contributed by atoms with van der Waals surface area (Å²) in [5, 5.41) is 9.54. The molecule has 22 heavy (non-hydrogen) atoms. The van der Waals surface area contributed by atoms with Crippen LogP contribution in [0.4, 0.5) is 0 Å². The number of nitrogens with zero attached hydrogens (tertiary/aromatic N) is 1. The Bertz CT molecular complexity index is 677. The standard InChI is InChI=1S/C16H17N3O3/c1-10(15(20)17-12-7-8-12)22-16(21)14-9-13(18-19-14)11-5-3-2-4-6-11/h2-6,9-10,12H,7-8H2,1H3,(H,17,20)(H,18,19)/t10-/m0/s1. The van der Waals surface area contributed by atoms with Gasteiger partial charge in [0.25, 0.3) is 5.91 Å². The highest BCUT2D eigenvalue weighted by atomic mass is 16.5. The fraction of sp³-hybridized carbons (Fsp3) is 0.312. The first-order valence-corrected chi connectivity index (χ1v) is 7.25. The van der Waals surface area contributed by atoms with E-state index in [1.165, 1.54) is 0 Å². The average molecular weight is 299 g/mol. The number of amides is 1. The smallest absolute Gasteiger partial charge is 0.357 e. The molecule has 0 bridgehead atoms. The number of rotatable bonds is 5. The van der Waals surface area contributed by atoms with E-state index in [1.54, 1.807) is 13.0 Å². The van der Waals surface area contributed by atoms with Crippen LogP contribution in [0, 0.1) is 0 Å². The van der Waals surface area contributed by atoms with E-state index in [1.807, 2.05) is 30.3 Å². The lowest BCUT2D eigenvalue weighted by atomic mass is 10.1. The van der Waals surface area contributed by atoms with Crippen molar-refractivity contribution in [2.45, 2.75) is 31.9 Å². The van der Waals surface area contributed by atoms with E-state index in [-0.39, 0.29) is 17.6 Å². The number of carbonyl (C=O) groups excluding carboxylic acids is 2. The topological polar surface area (TPSA) is 84.1 Å². The lowest BCUT2D eigenvalue weighted by Crippen LogP contribution is -2.37. The van der Waals surface area contributed by atoms with Crippen molar-refractivity contribution >= 4 is 11.9 Å². The molecule has 2 N–H and O–H groups in total. The molecular formula is C16H17N3O3. The first-order chi connectivity index (χ1) is 10.6. The second-order valence-electron chi connectivity index (χ2n) is 5.36. The number of nitrogens with one attached hydrogen (secondary N) is 2. The molecule has 0 spiro atoms. The van der Waals surface area contributed by atoms with E-state index < -0.39 is 12.1 Å². The van der Waals surface area contributed by atoms with Crippen LogP contribution >= 0.6 is 0 Å². The van der Waals surface area contributed by atoms with Crippen molar-refractivity contribution in [2.24, 2.45) is 0 Å². The van der Waals surface area contributed by atoms with E-state index in [0.717, 1.165) is 18.4 Å². The molecule has 1 atom stereocenters. The molecule has 0 radical (unpaired) electrons. The molecule has 0 aliphatic heterocycles. The first kappa shape index (κ1) is 14.3. The molecule has 114 valence electrons. The number of hydrogen-bond acceptors (Lipinski definition) is 4. The Morgan fingerprint density at radius 1 is 1.32 bits per heavy atom. The van der Waals surface area contributed by atoms with Gasteiger partial charge in [-0.15, -0.1) is 0 Å². The third-order valence-corrected chi connectivity index (χ3v) is 3.44. The van der Waals surface area contributed by atoms with Crippen LogP contribution in [0.1, 0.15) is 30.3 Å². The van der Waals surface area contributed by atoms with Gasteiger partial charge in [-0.25, -0.2) is 4.79 Å². The number of hydrogen-bond donors (Lipinski definition) is 2. The highest BCUT2D eigenvalue weighted by Gasteiger charge is 2.27. The molecule has 2 aromatic rings. The van der Waals surface area contributed by atoms with Gasteiger partial charge in [0.1, 0.15) is 5.69 Å². The van der Waals surface area contributed by atoms with Crippen molar-refractivity contribution in [1.29, 1.82) is 0 Å². The fourth-order valence-electron chi connectivity index (χ4n) is 2.01. The van der Waals surface area contributed by atoms with Crippen LogP contribution < -0.4 is 5.32 Å². The molecular weight excluding hydrogens is 282 g/mol. The molecule has 1 fully saturated rings. The quantitative estimate of drug-likeness (QED) is 0.826. The summed E-state index contributed by atoms with van der Waals surface area (Å²) in [5.41, 5.74) is 1.78. The van der Waals surface area contributed by atoms with Crippen molar-refractivity contribution in [3.8, 4) is 11.3 Å². The van der Waals surface area contributed by atoms with Crippen LogP contribution in [0.3, 0.4) is 0 Å². The average Bonchev–Trinajstić information content (AvgIpc) is 3.19. The van der Waals surface area contributed by atoms with Crippen LogP contribution in [0.5, 0.6) is 0 Å². The van der Waals surface area contributed by atoms with Crippen LogP contribution in [0.2, 0.25) is 0 Å². The minimum Gasteiger partial charge on any atom is -0.448 e. The zero-order valence-corrected chi connectivity index (χ0v) is 12.2. The number of aromatic amines is 1. The van der Waals surface area contributed by atoms with E-state index in [0.29, 0.717) is 5.69 Å². The van der Waals surface area contributed by atoms with Gasteiger partial charge in [0.2, 0.25) is 0 Å². The maximum atomic E-state index is 12.0. The molecule has 1 aliphatic carbocycles. The molecule has 1 aromatic carbocycles. The Balaban J connectivity index is 1.62. The summed E-state index contributed by atoms with van der Waals surface area (Å²) >= 11 is 0.